The highest BCUT2D eigenvalue weighted by atomic mass is 17.1. The zero-order valence-electron chi connectivity index (χ0n) is 11.5. The molecule has 0 aromatic heterocycles. The molecule has 20 heavy (non-hydrogen) atoms. The summed E-state index contributed by atoms with van der Waals surface area (Å²) in [6, 6.07) is -0.536. The van der Waals surface area contributed by atoms with Crippen molar-refractivity contribution in [3.05, 3.63) is 0 Å². The van der Waals surface area contributed by atoms with Gasteiger partial charge >= 0.3 is 11.9 Å². The first-order valence-electron chi connectivity index (χ1n) is 7.05. The van der Waals surface area contributed by atoms with Crippen molar-refractivity contribution in [1.82, 2.24) is 5.48 Å². The van der Waals surface area contributed by atoms with Crippen molar-refractivity contribution in [2.75, 3.05) is 6.61 Å². The smallest absolute Gasteiger partial charge is 0.325 e. The molecule has 3 N–H and O–H groups in total. The van der Waals surface area contributed by atoms with Crippen LogP contribution in [0.3, 0.4) is 0 Å². The Hall–Kier alpha value is -1.18. The van der Waals surface area contributed by atoms with Gasteiger partial charge in [0, 0.05) is 6.42 Å². The number of carboxylic acids is 1. The van der Waals surface area contributed by atoms with Crippen molar-refractivity contribution in [3.63, 3.8) is 0 Å². The van der Waals surface area contributed by atoms with E-state index in [0.29, 0.717) is 12.3 Å². The van der Waals surface area contributed by atoms with E-state index in [0.717, 1.165) is 25.7 Å². The molecule has 1 saturated carbocycles. The SMILES string of the molecule is O=C(O)CCC(COO)NOC(=O)CC1CCCCC1. The summed E-state index contributed by atoms with van der Waals surface area (Å²) in [5.41, 5.74) is 2.47. The van der Waals surface area contributed by atoms with E-state index >= 15 is 0 Å². The summed E-state index contributed by atoms with van der Waals surface area (Å²) < 4.78 is 0. The summed E-state index contributed by atoms with van der Waals surface area (Å²) in [6.07, 6.45) is 6.13. The maximum Gasteiger partial charge on any atom is 0.325 e. The van der Waals surface area contributed by atoms with Gasteiger partial charge in [0.05, 0.1) is 12.5 Å². The lowest BCUT2D eigenvalue weighted by molar-refractivity contribution is -0.251. The van der Waals surface area contributed by atoms with E-state index in [1.165, 1.54) is 6.42 Å². The van der Waals surface area contributed by atoms with Gasteiger partial charge in [0.15, 0.2) is 0 Å². The van der Waals surface area contributed by atoms with Crippen LogP contribution in [0, 0.1) is 5.92 Å². The Bertz CT molecular complexity index is 303. The average molecular weight is 289 g/mol. The van der Waals surface area contributed by atoms with Gasteiger partial charge in [0.1, 0.15) is 6.61 Å². The van der Waals surface area contributed by atoms with Gasteiger partial charge in [-0.1, -0.05) is 19.3 Å². The maximum absolute atomic E-state index is 11.7. The fraction of sp³-hybridized carbons (Fsp3) is 0.846. The first-order chi connectivity index (χ1) is 9.61. The summed E-state index contributed by atoms with van der Waals surface area (Å²) in [4.78, 5) is 31.0. The molecular weight excluding hydrogens is 266 g/mol. The van der Waals surface area contributed by atoms with Gasteiger partial charge in [-0.15, -0.1) is 5.48 Å². The molecule has 1 unspecified atom stereocenters. The number of carbonyl (C=O) groups is 2. The van der Waals surface area contributed by atoms with Crippen LogP contribution in [-0.4, -0.2) is 35.0 Å². The van der Waals surface area contributed by atoms with Crippen LogP contribution in [0.4, 0.5) is 0 Å². The van der Waals surface area contributed by atoms with Crippen LogP contribution < -0.4 is 5.48 Å². The van der Waals surface area contributed by atoms with E-state index in [2.05, 4.69) is 10.4 Å². The van der Waals surface area contributed by atoms with Crippen LogP contribution >= 0.6 is 0 Å². The third-order valence-corrected chi connectivity index (χ3v) is 3.50. The van der Waals surface area contributed by atoms with Crippen LogP contribution in [0.2, 0.25) is 0 Å². The molecule has 0 radical (unpaired) electrons. The lowest BCUT2D eigenvalue weighted by atomic mass is 9.87. The molecule has 1 atom stereocenters. The molecule has 0 heterocycles. The van der Waals surface area contributed by atoms with Crippen LogP contribution in [0.25, 0.3) is 0 Å². The topological polar surface area (TPSA) is 105 Å². The van der Waals surface area contributed by atoms with Crippen LogP contribution in [0.15, 0.2) is 0 Å². The van der Waals surface area contributed by atoms with Crippen molar-refractivity contribution in [2.45, 2.75) is 57.4 Å². The second-order valence-corrected chi connectivity index (χ2v) is 5.23. The van der Waals surface area contributed by atoms with Crippen molar-refractivity contribution in [2.24, 2.45) is 5.92 Å². The first kappa shape index (κ1) is 16.9. The lowest BCUT2D eigenvalue weighted by Crippen LogP contribution is -2.36. The van der Waals surface area contributed by atoms with Gasteiger partial charge in [-0.05, 0) is 25.2 Å². The predicted molar refractivity (Wildman–Crippen MR) is 69.7 cm³/mol. The number of carbonyl (C=O) groups excluding carboxylic acids is 1. The number of hydroxylamine groups is 1. The molecule has 7 nitrogen and oxygen atoms in total. The molecular formula is C13H23NO6. The van der Waals surface area contributed by atoms with Crippen molar-refractivity contribution < 1.29 is 29.7 Å². The van der Waals surface area contributed by atoms with E-state index in [-0.39, 0.29) is 25.4 Å². The molecule has 7 heteroatoms. The van der Waals surface area contributed by atoms with Gasteiger partial charge in [-0.2, -0.15) is 0 Å². The minimum Gasteiger partial charge on any atom is -0.481 e. The molecule has 0 spiro atoms. The standard InChI is InChI=1S/C13H23NO6/c15-12(16)7-6-11(9-19-18)14-20-13(17)8-10-4-2-1-3-5-10/h10-11,14,18H,1-9H2,(H,15,16). The fourth-order valence-electron chi connectivity index (χ4n) is 2.38. The molecule has 0 aromatic rings. The van der Waals surface area contributed by atoms with Gasteiger partial charge < -0.3 is 9.94 Å². The normalized spacial score (nSPS) is 17.6. The fourth-order valence-corrected chi connectivity index (χ4v) is 2.38. The molecule has 0 aromatic carbocycles. The number of aliphatic carboxylic acids is 1. The summed E-state index contributed by atoms with van der Waals surface area (Å²) in [6.45, 7) is -0.135. The summed E-state index contributed by atoms with van der Waals surface area (Å²) in [5.74, 6) is -0.928. The Kier molecular flexibility index (Phi) is 8.17. The van der Waals surface area contributed by atoms with Gasteiger partial charge in [0.2, 0.25) is 0 Å². The minimum absolute atomic E-state index is 0.0960. The molecule has 116 valence electrons. The highest BCUT2D eigenvalue weighted by Gasteiger charge is 2.19. The zero-order chi connectivity index (χ0) is 14.8. The molecule has 0 aliphatic heterocycles. The first-order valence-corrected chi connectivity index (χ1v) is 7.05. The zero-order valence-corrected chi connectivity index (χ0v) is 11.5. The predicted octanol–water partition coefficient (Wildman–Crippen LogP) is 1.73. The second kappa shape index (κ2) is 9.68. The highest BCUT2D eigenvalue weighted by Crippen LogP contribution is 2.26. The molecule has 0 amide bonds. The van der Waals surface area contributed by atoms with Crippen LogP contribution in [0.1, 0.15) is 51.4 Å². The Morgan fingerprint density at radius 2 is 1.95 bits per heavy atom. The summed E-state index contributed by atoms with van der Waals surface area (Å²) in [7, 11) is 0. The van der Waals surface area contributed by atoms with Crippen molar-refractivity contribution >= 4 is 11.9 Å². The molecule has 1 rings (SSSR count). The molecule has 1 fully saturated rings. The third-order valence-electron chi connectivity index (χ3n) is 3.50. The Labute approximate surface area is 118 Å². The highest BCUT2D eigenvalue weighted by molar-refractivity contribution is 5.69. The monoisotopic (exact) mass is 289 g/mol. The average Bonchev–Trinajstić information content (AvgIpc) is 2.43. The van der Waals surface area contributed by atoms with Crippen LogP contribution in [-0.2, 0) is 19.3 Å². The number of carboxylic acid groups (broad SMARTS) is 1. The molecule has 0 bridgehead atoms. The lowest BCUT2D eigenvalue weighted by Gasteiger charge is -2.21. The third kappa shape index (κ3) is 7.42. The van der Waals surface area contributed by atoms with Crippen molar-refractivity contribution in [3.8, 4) is 0 Å². The largest absolute Gasteiger partial charge is 0.481 e. The van der Waals surface area contributed by atoms with E-state index in [4.69, 9.17) is 15.2 Å². The number of nitrogens with one attached hydrogen (secondary N) is 1. The molecule has 0 saturated heterocycles. The number of hydrogen-bond donors (Lipinski definition) is 3. The molecule has 1 aliphatic carbocycles. The maximum atomic E-state index is 11.7. The Morgan fingerprint density at radius 3 is 2.55 bits per heavy atom. The van der Waals surface area contributed by atoms with Gasteiger partial charge in [0.25, 0.3) is 0 Å². The Balaban J connectivity index is 2.22. The van der Waals surface area contributed by atoms with Gasteiger partial charge in [-0.25, -0.2) is 4.89 Å². The van der Waals surface area contributed by atoms with E-state index < -0.39 is 12.0 Å². The summed E-state index contributed by atoms with van der Waals surface area (Å²) in [5, 5.41) is 17.0. The second-order valence-electron chi connectivity index (χ2n) is 5.23. The Morgan fingerprint density at radius 1 is 1.25 bits per heavy atom. The van der Waals surface area contributed by atoms with Crippen LogP contribution in [0.5, 0.6) is 0 Å². The minimum atomic E-state index is -0.955. The quantitative estimate of drug-likeness (QED) is 0.438. The summed E-state index contributed by atoms with van der Waals surface area (Å²) >= 11 is 0. The number of rotatable bonds is 9. The van der Waals surface area contributed by atoms with E-state index in [9.17, 15) is 9.59 Å². The number of hydrogen-bond acceptors (Lipinski definition) is 6. The van der Waals surface area contributed by atoms with Crippen molar-refractivity contribution in [1.29, 1.82) is 0 Å². The molecule has 1 aliphatic rings. The van der Waals surface area contributed by atoms with E-state index in [1.807, 2.05) is 0 Å². The van der Waals surface area contributed by atoms with Gasteiger partial charge in [-0.3, -0.25) is 14.8 Å². The van der Waals surface area contributed by atoms with E-state index in [1.54, 1.807) is 0 Å².